The molecule has 0 N–H and O–H groups in total. The second kappa shape index (κ2) is 9.55. The number of imidazole rings is 1. The summed E-state index contributed by atoms with van der Waals surface area (Å²) >= 11 is 1.75. The van der Waals surface area contributed by atoms with Crippen molar-refractivity contribution >= 4 is 48.3 Å². The Morgan fingerprint density at radius 3 is 1.91 bits per heavy atom. The van der Waals surface area contributed by atoms with Crippen LogP contribution in [0.3, 0.4) is 0 Å². The largest absolute Gasteiger partial charge is 0.309 e. The minimum atomic E-state index is 1.00. The first-order valence-electron chi connectivity index (χ1n) is 14.5. The molecule has 0 saturated heterocycles. The monoisotopic (exact) mass is 567 g/mol. The molecule has 0 spiro atoms. The standard InChI is InChI=1S/C39H25N3S/c1-4-12-26(13-5-1)28-21-23-36-35(25-28)42-38(37(40-39(42)43-36)27-14-6-2-7-15-27)29-20-22-34-32(24-29)31-18-10-11-19-33(31)41(34)30-16-8-3-9-17-30/h1-25H. The molecule has 0 aliphatic rings. The predicted molar refractivity (Wildman–Crippen MR) is 181 cm³/mol. The Hall–Kier alpha value is -5.45. The third-order valence-corrected chi connectivity index (χ3v) is 9.38. The summed E-state index contributed by atoms with van der Waals surface area (Å²) in [5, 5.41) is 2.47. The zero-order valence-electron chi connectivity index (χ0n) is 23.2. The van der Waals surface area contributed by atoms with Crippen molar-refractivity contribution in [2.24, 2.45) is 0 Å². The molecule has 0 atom stereocenters. The number of hydrogen-bond acceptors (Lipinski definition) is 2. The second-order valence-corrected chi connectivity index (χ2v) is 11.9. The van der Waals surface area contributed by atoms with Crippen LogP contribution in [-0.4, -0.2) is 14.0 Å². The maximum absolute atomic E-state index is 5.27. The van der Waals surface area contributed by atoms with Gasteiger partial charge in [0.1, 0.15) is 0 Å². The van der Waals surface area contributed by atoms with Gasteiger partial charge in [0.2, 0.25) is 0 Å². The Kier molecular flexibility index (Phi) is 5.37. The first-order chi connectivity index (χ1) is 21.3. The lowest BCUT2D eigenvalue weighted by Crippen LogP contribution is -1.93. The molecule has 4 heteroatoms. The van der Waals surface area contributed by atoms with Crippen molar-refractivity contribution in [2.45, 2.75) is 0 Å². The van der Waals surface area contributed by atoms with Gasteiger partial charge in [0.25, 0.3) is 0 Å². The van der Waals surface area contributed by atoms with Gasteiger partial charge in [-0.25, -0.2) is 4.98 Å². The van der Waals surface area contributed by atoms with Crippen LogP contribution in [0.1, 0.15) is 0 Å². The molecular weight excluding hydrogens is 543 g/mol. The van der Waals surface area contributed by atoms with Crippen LogP contribution in [0.15, 0.2) is 152 Å². The van der Waals surface area contributed by atoms with Crippen molar-refractivity contribution < 1.29 is 0 Å². The molecule has 6 aromatic carbocycles. The molecule has 0 unspecified atom stereocenters. The molecule has 0 bridgehead atoms. The molecule has 43 heavy (non-hydrogen) atoms. The lowest BCUT2D eigenvalue weighted by atomic mass is 10.0. The quantitative estimate of drug-likeness (QED) is 0.207. The fraction of sp³-hybridized carbons (Fsp3) is 0. The number of para-hydroxylation sites is 2. The van der Waals surface area contributed by atoms with Gasteiger partial charge in [-0.15, -0.1) is 0 Å². The summed E-state index contributed by atoms with van der Waals surface area (Å²) in [6.07, 6.45) is 0. The van der Waals surface area contributed by atoms with Crippen molar-refractivity contribution in [3.8, 4) is 39.3 Å². The number of benzene rings is 6. The predicted octanol–water partition coefficient (Wildman–Crippen LogP) is 10.6. The first-order valence-corrected chi connectivity index (χ1v) is 15.3. The van der Waals surface area contributed by atoms with E-state index in [4.69, 9.17) is 4.98 Å². The van der Waals surface area contributed by atoms with E-state index in [9.17, 15) is 0 Å². The molecule has 0 aliphatic carbocycles. The molecule has 3 nitrogen and oxygen atoms in total. The summed E-state index contributed by atoms with van der Waals surface area (Å²) in [5.74, 6) is 0. The highest BCUT2D eigenvalue weighted by molar-refractivity contribution is 7.23. The zero-order chi connectivity index (χ0) is 28.3. The van der Waals surface area contributed by atoms with E-state index in [1.165, 1.54) is 43.1 Å². The topological polar surface area (TPSA) is 22.2 Å². The van der Waals surface area contributed by atoms with E-state index in [-0.39, 0.29) is 0 Å². The van der Waals surface area contributed by atoms with Crippen LogP contribution in [-0.2, 0) is 0 Å². The SMILES string of the molecule is c1ccc(-c2ccc3sc4nc(-c5ccccc5)c(-c5ccc6c(c5)c5ccccc5n6-c5ccccc5)n4c3c2)cc1. The van der Waals surface area contributed by atoms with Crippen LogP contribution in [0.25, 0.3) is 76.3 Å². The van der Waals surface area contributed by atoms with E-state index in [1.807, 2.05) is 0 Å². The number of rotatable bonds is 4. The van der Waals surface area contributed by atoms with Gasteiger partial charge in [0.05, 0.1) is 32.6 Å². The number of hydrogen-bond donors (Lipinski definition) is 0. The highest BCUT2D eigenvalue weighted by atomic mass is 32.1. The van der Waals surface area contributed by atoms with Crippen molar-refractivity contribution in [2.75, 3.05) is 0 Å². The average Bonchev–Trinajstić information content (AvgIpc) is 3.73. The van der Waals surface area contributed by atoms with Crippen LogP contribution in [0.5, 0.6) is 0 Å². The van der Waals surface area contributed by atoms with Crippen LogP contribution < -0.4 is 0 Å². The molecular formula is C39H25N3S. The molecule has 3 heterocycles. The van der Waals surface area contributed by atoms with Crippen LogP contribution in [0.2, 0.25) is 0 Å². The smallest absolute Gasteiger partial charge is 0.195 e. The minimum absolute atomic E-state index is 1.00. The fourth-order valence-electron chi connectivity index (χ4n) is 6.42. The number of nitrogens with zero attached hydrogens (tertiary/aromatic N) is 3. The molecule has 0 amide bonds. The van der Waals surface area contributed by atoms with Gasteiger partial charge in [-0.3, -0.25) is 4.40 Å². The van der Waals surface area contributed by atoms with Gasteiger partial charge < -0.3 is 4.57 Å². The Balaban J connectivity index is 1.36. The molecule has 9 rings (SSSR count). The summed E-state index contributed by atoms with van der Waals surface area (Å²) in [6.45, 7) is 0. The molecule has 0 fully saturated rings. The summed E-state index contributed by atoms with van der Waals surface area (Å²) < 4.78 is 5.96. The van der Waals surface area contributed by atoms with E-state index >= 15 is 0 Å². The normalized spacial score (nSPS) is 11.7. The lowest BCUT2D eigenvalue weighted by molar-refractivity contribution is 1.18. The fourth-order valence-corrected chi connectivity index (χ4v) is 7.42. The molecule has 0 saturated carbocycles. The summed E-state index contributed by atoms with van der Waals surface area (Å²) in [5.41, 5.74) is 11.6. The van der Waals surface area contributed by atoms with E-state index in [2.05, 4.69) is 161 Å². The molecule has 3 aromatic heterocycles. The van der Waals surface area contributed by atoms with E-state index < -0.39 is 0 Å². The van der Waals surface area contributed by atoms with Crippen molar-refractivity contribution in [3.63, 3.8) is 0 Å². The Bertz CT molecular complexity index is 2430. The van der Waals surface area contributed by atoms with Crippen LogP contribution in [0, 0.1) is 0 Å². The third-order valence-electron chi connectivity index (χ3n) is 8.36. The summed E-state index contributed by atoms with van der Waals surface area (Å²) in [6, 6.07) is 54.2. The summed E-state index contributed by atoms with van der Waals surface area (Å²) in [7, 11) is 0. The molecule has 202 valence electrons. The van der Waals surface area contributed by atoms with Gasteiger partial charge in [-0.05, 0) is 53.6 Å². The van der Waals surface area contributed by atoms with E-state index in [0.717, 1.165) is 33.2 Å². The van der Waals surface area contributed by atoms with Gasteiger partial charge >= 0.3 is 0 Å². The van der Waals surface area contributed by atoms with Crippen LogP contribution >= 0.6 is 11.3 Å². The Morgan fingerprint density at radius 2 is 1.12 bits per heavy atom. The minimum Gasteiger partial charge on any atom is -0.309 e. The van der Waals surface area contributed by atoms with E-state index in [1.54, 1.807) is 11.3 Å². The van der Waals surface area contributed by atoms with Gasteiger partial charge in [-0.2, -0.15) is 0 Å². The summed E-state index contributed by atoms with van der Waals surface area (Å²) in [4.78, 5) is 6.27. The average molecular weight is 568 g/mol. The number of thiazole rings is 1. The Labute approximate surface area is 252 Å². The van der Waals surface area contributed by atoms with Crippen LogP contribution in [0.4, 0.5) is 0 Å². The van der Waals surface area contributed by atoms with Crippen molar-refractivity contribution in [1.29, 1.82) is 0 Å². The zero-order valence-corrected chi connectivity index (χ0v) is 24.0. The van der Waals surface area contributed by atoms with Gasteiger partial charge in [-0.1, -0.05) is 121 Å². The molecule has 0 aliphatic heterocycles. The molecule has 9 aromatic rings. The highest BCUT2D eigenvalue weighted by Gasteiger charge is 2.22. The first kappa shape index (κ1) is 24.2. The number of aromatic nitrogens is 3. The Morgan fingerprint density at radius 1 is 0.465 bits per heavy atom. The van der Waals surface area contributed by atoms with Crippen molar-refractivity contribution in [3.05, 3.63) is 152 Å². The van der Waals surface area contributed by atoms with Gasteiger partial charge in [0, 0.05) is 27.6 Å². The number of fused-ring (bicyclic) bond motifs is 6. The highest BCUT2D eigenvalue weighted by Crippen LogP contribution is 2.42. The van der Waals surface area contributed by atoms with Gasteiger partial charge in [0.15, 0.2) is 4.96 Å². The second-order valence-electron chi connectivity index (χ2n) is 10.9. The lowest BCUT2D eigenvalue weighted by Gasteiger charge is -2.10. The third kappa shape index (κ3) is 3.77. The maximum Gasteiger partial charge on any atom is 0.195 e. The van der Waals surface area contributed by atoms with Crippen molar-refractivity contribution in [1.82, 2.24) is 14.0 Å². The molecule has 0 radical (unpaired) electrons. The van der Waals surface area contributed by atoms with E-state index in [0.29, 0.717) is 0 Å². The maximum atomic E-state index is 5.27.